The number of nitrogens with two attached hydrogens (primary N) is 1. The van der Waals surface area contributed by atoms with Gasteiger partial charge in [-0.05, 0) is 18.1 Å². The molecule has 0 aliphatic heterocycles. The molecule has 0 bridgehead atoms. The molecule has 0 amide bonds. The van der Waals surface area contributed by atoms with Crippen molar-refractivity contribution in [3.05, 3.63) is 34.4 Å². The number of hydrogen-bond acceptors (Lipinski definition) is 6. The summed E-state index contributed by atoms with van der Waals surface area (Å²) in [6, 6.07) is 0.750. The smallest absolute Gasteiger partial charge is 0.350 e. The number of aliphatic hydroxyl groups is 3. The summed E-state index contributed by atoms with van der Waals surface area (Å²) in [5, 5.41) is 28.5. The van der Waals surface area contributed by atoms with E-state index < -0.39 is 23.9 Å². The first-order valence-corrected chi connectivity index (χ1v) is 5.57. The molecule has 5 N–H and O–H groups in total. The molecule has 1 heterocycles. The number of rotatable bonds is 3. The van der Waals surface area contributed by atoms with Crippen molar-refractivity contribution in [3.63, 3.8) is 0 Å². The molecule has 98 valence electrons. The van der Waals surface area contributed by atoms with Crippen LogP contribution in [0.25, 0.3) is 0 Å². The molecule has 0 unspecified atom stereocenters. The predicted octanol–water partition coefficient (Wildman–Crippen LogP) is -1.59. The van der Waals surface area contributed by atoms with Crippen LogP contribution in [0.2, 0.25) is 0 Å². The molecule has 1 aromatic rings. The van der Waals surface area contributed by atoms with E-state index in [0.717, 1.165) is 0 Å². The largest absolute Gasteiger partial charge is 0.396 e. The molecule has 18 heavy (non-hydrogen) atoms. The maximum absolute atomic E-state index is 11.6. The van der Waals surface area contributed by atoms with Gasteiger partial charge in [0.2, 0.25) is 0 Å². The van der Waals surface area contributed by atoms with E-state index in [1.54, 1.807) is 6.08 Å². The molecular formula is C11H15N3O4. The van der Waals surface area contributed by atoms with E-state index in [1.807, 2.05) is 0 Å². The molecule has 3 atom stereocenters. The third kappa shape index (κ3) is 2.15. The maximum atomic E-state index is 11.6. The summed E-state index contributed by atoms with van der Waals surface area (Å²) in [4.78, 5) is 15.2. The van der Waals surface area contributed by atoms with Crippen molar-refractivity contribution in [2.45, 2.75) is 24.7 Å². The highest BCUT2D eigenvalue weighted by Gasteiger charge is 2.35. The van der Waals surface area contributed by atoms with Crippen molar-refractivity contribution in [2.75, 3.05) is 12.3 Å². The Morgan fingerprint density at radius 2 is 2.17 bits per heavy atom. The number of nitrogens with zero attached hydrogens (tertiary/aromatic N) is 2. The summed E-state index contributed by atoms with van der Waals surface area (Å²) in [6.07, 6.45) is 1.04. The maximum Gasteiger partial charge on any atom is 0.350 e. The summed E-state index contributed by atoms with van der Waals surface area (Å²) >= 11 is 0. The van der Waals surface area contributed by atoms with Crippen LogP contribution in [0.1, 0.15) is 12.5 Å². The van der Waals surface area contributed by atoms with Gasteiger partial charge < -0.3 is 21.1 Å². The minimum Gasteiger partial charge on any atom is -0.396 e. The van der Waals surface area contributed by atoms with Gasteiger partial charge in [0.1, 0.15) is 18.0 Å². The minimum atomic E-state index is -1.13. The van der Waals surface area contributed by atoms with E-state index in [1.165, 1.54) is 16.8 Å². The Morgan fingerprint density at radius 3 is 2.78 bits per heavy atom. The number of hydrogen-bond donors (Lipinski definition) is 4. The van der Waals surface area contributed by atoms with Crippen molar-refractivity contribution < 1.29 is 15.3 Å². The van der Waals surface area contributed by atoms with Crippen molar-refractivity contribution >= 4 is 5.82 Å². The van der Waals surface area contributed by atoms with E-state index >= 15 is 0 Å². The lowest BCUT2D eigenvalue weighted by Crippen LogP contribution is -2.35. The van der Waals surface area contributed by atoms with Crippen molar-refractivity contribution in [3.8, 4) is 0 Å². The highest BCUT2D eigenvalue weighted by atomic mass is 16.3. The van der Waals surface area contributed by atoms with Gasteiger partial charge >= 0.3 is 5.69 Å². The summed E-state index contributed by atoms with van der Waals surface area (Å²) in [5.41, 5.74) is 5.30. The van der Waals surface area contributed by atoms with Crippen LogP contribution in [0, 0.1) is 0 Å². The molecular weight excluding hydrogens is 238 g/mol. The Labute approximate surface area is 103 Å². The van der Waals surface area contributed by atoms with E-state index in [9.17, 15) is 15.0 Å². The molecule has 7 nitrogen and oxygen atoms in total. The number of anilines is 1. The second-order valence-electron chi connectivity index (χ2n) is 4.18. The highest BCUT2D eigenvalue weighted by Crippen LogP contribution is 2.30. The van der Waals surface area contributed by atoms with Gasteiger partial charge in [-0.1, -0.05) is 6.08 Å². The van der Waals surface area contributed by atoms with Crippen LogP contribution >= 0.6 is 0 Å². The fourth-order valence-corrected chi connectivity index (χ4v) is 2.08. The van der Waals surface area contributed by atoms with Gasteiger partial charge in [-0.2, -0.15) is 4.98 Å². The monoisotopic (exact) mass is 253 g/mol. The topological polar surface area (TPSA) is 122 Å². The zero-order valence-corrected chi connectivity index (χ0v) is 9.60. The van der Waals surface area contributed by atoms with Crippen LogP contribution in [0.5, 0.6) is 0 Å². The zero-order chi connectivity index (χ0) is 13.3. The molecule has 1 aliphatic rings. The standard InChI is InChI=1S/C11H15N3O4/c12-8-1-3-14(11(18)13-8)7-5-6(2-4-15)9(16)10(7)17/h1,3,5,7,9-10,15-17H,2,4H2,(H2,12,13,18)/t7-,9-,10+/m1/s1. The molecule has 1 aromatic heterocycles. The first-order valence-electron chi connectivity index (χ1n) is 5.57. The van der Waals surface area contributed by atoms with Crippen LogP contribution in [-0.2, 0) is 0 Å². The van der Waals surface area contributed by atoms with Gasteiger partial charge in [-0.15, -0.1) is 0 Å². The van der Waals surface area contributed by atoms with Crippen molar-refractivity contribution in [1.82, 2.24) is 9.55 Å². The fraction of sp³-hybridized carbons (Fsp3) is 0.455. The Kier molecular flexibility index (Phi) is 3.46. The van der Waals surface area contributed by atoms with Gasteiger partial charge in [0.05, 0.1) is 6.04 Å². The van der Waals surface area contributed by atoms with Gasteiger partial charge in [-0.25, -0.2) is 4.79 Å². The lowest BCUT2D eigenvalue weighted by atomic mass is 10.1. The van der Waals surface area contributed by atoms with Crippen molar-refractivity contribution in [1.29, 1.82) is 0 Å². The molecule has 0 saturated heterocycles. The van der Waals surface area contributed by atoms with Gasteiger partial charge in [0.15, 0.2) is 0 Å². The summed E-state index contributed by atoms with van der Waals surface area (Å²) < 4.78 is 1.20. The Morgan fingerprint density at radius 1 is 1.44 bits per heavy atom. The number of aliphatic hydroxyl groups excluding tert-OH is 3. The zero-order valence-electron chi connectivity index (χ0n) is 9.60. The normalized spacial score (nSPS) is 27.3. The SMILES string of the molecule is Nc1ccn([C@@H]2C=C(CCO)[C@@H](O)[C@H]2O)c(=O)n1. The van der Waals surface area contributed by atoms with E-state index in [0.29, 0.717) is 5.57 Å². The lowest BCUT2D eigenvalue weighted by Gasteiger charge is -2.19. The molecule has 7 heteroatoms. The van der Waals surface area contributed by atoms with Crippen LogP contribution in [0.3, 0.4) is 0 Å². The second-order valence-corrected chi connectivity index (χ2v) is 4.18. The summed E-state index contributed by atoms with van der Waals surface area (Å²) in [6.45, 7) is -0.128. The fourth-order valence-electron chi connectivity index (χ4n) is 2.08. The van der Waals surface area contributed by atoms with Gasteiger partial charge in [0.25, 0.3) is 0 Å². The predicted molar refractivity (Wildman–Crippen MR) is 63.7 cm³/mol. The van der Waals surface area contributed by atoms with Crippen LogP contribution in [0.15, 0.2) is 28.7 Å². The molecule has 0 radical (unpaired) electrons. The van der Waals surface area contributed by atoms with E-state index in [2.05, 4.69) is 4.98 Å². The Bertz CT molecular complexity index is 525. The first-order chi connectivity index (χ1) is 8.54. The number of aromatic nitrogens is 2. The van der Waals surface area contributed by atoms with E-state index in [4.69, 9.17) is 10.8 Å². The van der Waals surface area contributed by atoms with Gasteiger partial charge in [0, 0.05) is 12.8 Å². The lowest BCUT2D eigenvalue weighted by molar-refractivity contribution is 0.0291. The molecule has 0 spiro atoms. The van der Waals surface area contributed by atoms with E-state index in [-0.39, 0.29) is 18.8 Å². The average molecular weight is 253 g/mol. The third-order valence-corrected chi connectivity index (χ3v) is 3.01. The van der Waals surface area contributed by atoms with Crippen LogP contribution in [-0.4, -0.2) is 43.7 Å². The summed E-state index contributed by atoms with van der Waals surface area (Å²) in [7, 11) is 0. The summed E-state index contributed by atoms with van der Waals surface area (Å²) in [5.74, 6) is 0.101. The second kappa shape index (κ2) is 4.89. The third-order valence-electron chi connectivity index (χ3n) is 3.01. The molecule has 0 aromatic carbocycles. The van der Waals surface area contributed by atoms with Crippen LogP contribution < -0.4 is 11.4 Å². The molecule has 0 saturated carbocycles. The molecule has 2 rings (SSSR count). The number of nitrogen functional groups attached to an aromatic ring is 1. The Hall–Kier alpha value is -1.70. The van der Waals surface area contributed by atoms with Crippen LogP contribution in [0.4, 0.5) is 5.82 Å². The quantitative estimate of drug-likeness (QED) is 0.482. The van der Waals surface area contributed by atoms with Gasteiger partial charge in [-0.3, -0.25) is 4.57 Å². The highest BCUT2D eigenvalue weighted by molar-refractivity contribution is 5.26. The Balaban J connectivity index is 2.36. The van der Waals surface area contributed by atoms with Crippen molar-refractivity contribution in [2.24, 2.45) is 0 Å². The molecule has 1 aliphatic carbocycles. The average Bonchev–Trinajstić information content (AvgIpc) is 2.58. The minimum absolute atomic E-state index is 0.101. The first kappa shape index (κ1) is 12.7. The molecule has 0 fully saturated rings.